The Balaban J connectivity index is 6.05. The Bertz CT molecular complexity index is 458. The first-order valence-electron chi connectivity index (χ1n) is 8.34. The second-order valence-electron chi connectivity index (χ2n) is 9.76. The first-order valence-corrected chi connectivity index (χ1v) is 22.0. The van der Waals surface area contributed by atoms with Crippen molar-refractivity contribution in [2.24, 2.45) is 0 Å². The Morgan fingerprint density at radius 2 is 0.792 bits per heavy atom. The highest BCUT2D eigenvalue weighted by Crippen LogP contribution is 2.25. The van der Waals surface area contributed by atoms with Crippen LogP contribution in [0.25, 0.3) is 0 Å². The second kappa shape index (κ2) is 7.79. The van der Waals surface area contributed by atoms with Gasteiger partial charge in [-0.05, 0) is 78.6 Å². The first-order chi connectivity index (χ1) is 10.3. The standard InChI is InChI=1S/C15H36O5Si4/c1-21(2,3)17-13(14(16)18-22(4,5)6)15(19-23(7,8)9)20-24(10,11)12/h1-12H3. The van der Waals surface area contributed by atoms with Gasteiger partial charge in [-0.3, -0.25) is 0 Å². The topological polar surface area (TPSA) is 54.0 Å². The maximum Gasteiger partial charge on any atom is 0.366 e. The summed E-state index contributed by atoms with van der Waals surface area (Å²) in [6.07, 6.45) is 0. The number of hydrogen-bond donors (Lipinski definition) is 0. The Hall–Kier alpha value is -0.522. The molecular weight excluding hydrogens is 373 g/mol. The van der Waals surface area contributed by atoms with Crippen molar-refractivity contribution in [1.29, 1.82) is 0 Å². The van der Waals surface area contributed by atoms with Crippen LogP contribution in [0.15, 0.2) is 11.7 Å². The van der Waals surface area contributed by atoms with Crippen molar-refractivity contribution in [2.75, 3.05) is 0 Å². The molecule has 0 saturated heterocycles. The Labute approximate surface area is 152 Å². The maximum atomic E-state index is 12.8. The van der Waals surface area contributed by atoms with Gasteiger partial charge in [0.05, 0.1) is 0 Å². The van der Waals surface area contributed by atoms with Crippen molar-refractivity contribution in [2.45, 2.75) is 78.6 Å². The van der Waals surface area contributed by atoms with Crippen LogP contribution in [-0.4, -0.2) is 39.2 Å². The minimum absolute atomic E-state index is 0.112. The van der Waals surface area contributed by atoms with Gasteiger partial charge < -0.3 is 17.7 Å². The Morgan fingerprint density at radius 1 is 0.500 bits per heavy atom. The zero-order valence-electron chi connectivity index (χ0n) is 17.5. The number of carbonyl (C=O) groups excluding carboxylic acids is 1. The predicted molar refractivity (Wildman–Crippen MR) is 110 cm³/mol. The molecule has 0 atom stereocenters. The van der Waals surface area contributed by atoms with Crippen LogP contribution >= 0.6 is 0 Å². The summed E-state index contributed by atoms with van der Waals surface area (Å²) in [5, 5.41) is 0. The molecule has 9 heteroatoms. The molecule has 0 bridgehead atoms. The first kappa shape index (κ1) is 23.5. The van der Waals surface area contributed by atoms with Gasteiger partial charge in [0, 0.05) is 0 Å². The van der Waals surface area contributed by atoms with E-state index in [-0.39, 0.29) is 11.7 Å². The molecule has 0 aromatic rings. The van der Waals surface area contributed by atoms with Crippen LogP contribution in [0.2, 0.25) is 78.6 Å². The van der Waals surface area contributed by atoms with E-state index in [2.05, 4.69) is 39.3 Å². The normalized spacial score (nSPS) is 13.2. The van der Waals surface area contributed by atoms with Gasteiger partial charge in [-0.1, -0.05) is 0 Å². The lowest BCUT2D eigenvalue weighted by Crippen LogP contribution is -2.38. The zero-order chi connectivity index (χ0) is 19.6. The molecule has 0 rings (SSSR count). The van der Waals surface area contributed by atoms with Crippen LogP contribution in [-0.2, 0) is 22.5 Å². The summed E-state index contributed by atoms with van der Waals surface area (Å²) < 4.78 is 23.9. The van der Waals surface area contributed by atoms with Crippen molar-refractivity contribution < 1.29 is 22.5 Å². The highest BCUT2D eigenvalue weighted by molar-refractivity contribution is 6.72. The van der Waals surface area contributed by atoms with Gasteiger partial charge in [-0.15, -0.1) is 0 Å². The molecule has 0 aromatic carbocycles. The van der Waals surface area contributed by atoms with E-state index in [1.165, 1.54) is 0 Å². The van der Waals surface area contributed by atoms with E-state index >= 15 is 0 Å². The third-order valence-electron chi connectivity index (χ3n) is 1.98. The van der Waals surface area contributed by atoms with Crippen molar-refractivity contribution in [3.05, 3.63) is 11.7 Å². The number of rotatable bonds is 8. The van der Waals surface area contributed by atoms with E-state index in [1.807, 2.05) is 39.3 Å². The van der Waals surface area contributed by atoms with E-state index in [9.17, 15) is 4.79 Å². The fourth-order valence-electron chi connectivity index (χ4n) is 1.47. The lowest BCUT2D eigenvalue weighted by atomic mass is 10.5. The third kappa shape index (κ3) is 11.9. The van der Waals surface area contributed by atoms with Gasteiger partial charge in [0.15, 0.2) is 0 Å². The number of hydrogen-bond acceptors (Lipinski definition) is 5. The smallest absolute Gasteiger partial charge is 0.366 e. The molecule has 24 heavy (non-hydrogen) atoms. The molecule has 5 nitrogen and oxygen atoms in total. The predicted octanol–water partition coefficient (Wildman–Crippen LogP) is 5.09. The van der Waals surface area contributed by atoms with E-state index in [0.29, 0.717) is 0 Å². The van der Waals surface area contributed by atoms with Gasteiger partial charge in [0.1, 0.15) is 0 Å². The number of carbonyl (C=O) groups is 1. The van der Waals surface area contributed by atoms with E-state index < -0.39 is 39.2 Å². The van der Waals surface area contributed by atoms with E-state index in [0.717, 1.165) is 0 Å². The third-order valence-corrected chi connectivity index (χ3v) is 5.19. The molecule has 142 valence electrons. The quantitative estimate of drug-likeness (QED) is 0.318. The molecule has 0 N–H and O–H groups in total. The van der Waals surface area contributed by atoms with Crippen LogP contribution in [0.1, 0.15) is 0 Å². The van der Waals surface area contributed by atoms with Crippen molar-refractivity contribution in [1.82, 2.24) is 0 Å². The van der Waals surface area contributed by atoms with Crippen LogP contribution < -0.4 is 0 Å². The lowest BCUT2D eigenvalue weighted by molar-refractivity contribution is -0.134. The highest BCUT2D eigenvalue weighted by Gasteiger charge is 2.35. The zero-order valence-corrected chi connectivity index (χ0v) is 21.5. The summed E-state index contributed by atoms with van der Waals surface area (Å²) in [6.45, 7) is 24.3. The van der Waals surface area contributed by atoms with Crippen LogP contribution in [0, 0.1) is 0 Å². The molecule has 0 aliphatic carbocycles. The molecule has 0 aliphatic heterocycles. The van der Waals surface area contributed by atoms with Gasteiger partial charge >= 0.3 is 11.9 Å². The molecule has 0 saturated carbocycles. The fraction of sp³-hybridized carbons (Fsp3) is 0.800. The van der Waals surface area contributed by atoms with Gasteiger partial charge in [0.2, 0.25) is 33.3 Å². The molecule has 0 radical (unpaired) electrons. The molecular formula is C15H36O5Si4. The van der Waals surface area contributed by atoms with E-state index in [1.54, 1.807) is 0 Å². The summed E-state index contributed by atoms with van der Waals surface area (Å²) in [5.41, 5.74) is 0. The van der Waals surface area contributed by atoms with E-state index in [4.69, 9.17) is 17.7 Å². The van der Waals surface area contributed by atoms with Crippen LogP contribution in [0.4, 0.5) is 0 Å². The minimum atomic E-state index is -2.06. The summed E-state index contributed by atoms with van der Waals surface area (Å²) >= 11 is 0. The summed E-state index contributed by atoms with van der Waals surface area (Å²) in [7, 11) is -8.07. The van der Waals surface area contributed by atoms with Gasteiger partial charge in [0.25, 0.3) is 5.76 Å². The Morgan fingerprint density at radius 3 is 1.04 bits per heavy atom. The summed E-state index contributed by atoms with van der Waals surface area (Å²) in [5.74, 6) is -0.136. The highest BCUT2D eigenvalue weighted by atomic mass is 28.4. The molecule has 0 aromatic heterocycles. The van der Waals surface area contributed by atoms with Crippen molar-refractivity contribution in [3.63, 3.8) is 0 Å². The van der Waals surface area contributed by atoms with Crippen molar-refractivity contribution in [3.8, 4) is 0 Å². The Kier molecular flexibility index (Phi) is 7.62. The monoisotopic (exact) mass is 408 g/mol. The van der Waals surface area contributed by atoms with Gasteiger partial charge in [-0.25, -0.2) is 4.79 Å². The molecule has 0 amide bonds. The average molecular weight is 409 g/mol. The fourth-order valence-corrected chi connectivity index (χ4v) is 4.36. The SMILES string of the molecule is C[Si](C)(C)OC(=O)C(O[Si](C)(C)C)=C(O[Si](C)(C)C)O[Si](C)(C)C. The molecule has 0 heterocycles. The molecule has 0 spiro atoms. The summed E-state index contributed by atoms with van der Waals surface area (Å²) in [4.78, 5) is 12.8. The van der Waals surface area contributed by atoms with Crippen molar-refractivity contribution >= 4 is 39.2 Å². The largest absolute Gasteiger partial charge is 0.535 e. The second-order valence-corrected chi connectivity index (χ2v) is 27.5. The molecule has 0 aliphatic rings. The lowest BCUT2D eigenvalue weighted by Gasteiger charge is -2.31. The maximum absolute atomic E-state index is 12.8. The van der Waals surface area contributed by atoms with Gasteiger partial charge in [-0.2, -0.15) is 0 Å². The molecule has 0 unspecified atom stereocenters. The van der Waals surface area contributed by atoms with Crippen LogP contribution in [0.5, 0.6) is 0 Å². The minimum Gasteiger partial charge on any atom is -0.535 e. The summed E-state index contributed by atoms with van der Waals surface area (Å²) in [6, 6.07) is 0. The molecule has 0 fully saturated rings. The van der Waals surface area contributed by atoms with Crippen LogP contribution in [0.3, 0.4) is 0 Å². The average Bonchev–Trinajstić information content (AvgIpc) is 2.16.